The number of nitrogens with one attached hydrogen (secondary N) is 1. The van der Waals surface area contributed by atoms with E-state index in [9.17, 15) is 4.79 Å². The lowest BCUT2D eigenvalue weighted by Crippen LogP contribution is -2.33. The van der Waals surface area contributed by atoms with Gasteiger partial charge in [0.2, 0.25) is 5.91 Å². The van der Waals surface area contributed by atoms with E-state index in [1.54, 1.807) is 11.8 Å². The van der Waals surface area contributed by atoms with E-state index in [-0.39, 0.29) is 17.8 Å². The van der Waals surface area contributed by atoms with Crippen molar-refractivity contribution in [3.8, 4) is 0 Å². The summed E-state index contributed by atoms with van der Waals surface area (Å²) in [5, 5.41) is 12.1. The number of thioether (sulfide) groups is 1. The molecule has 3 nitrogen and oxygen atoms in total. The molecule has 1 rings (SSSR count). The van der Waals surface area contributed by atoms with E-state index in [0.717, 1.165) is 5.69 Å². The van der Waals surface area contributed by atoms with Crippen molar-refractivity contribution in [3.05, 3.63) is 30.3 Å². The normalized spacial score (nSPS) is 13.1. The zero-order chi connectivity index (χ0) is 13.6. The van der Waals surface area contributed by atoms with E-state index in [0.29, 0.717) is 5.75 Å². The van der Waals surface area contributed by atoms with Gasteiger partial charge in [-0.2, -0.15) is 11.8 Å². The Bertz CT molecular complexity index is 379. The Balaban J connectivity index is 2.54. The summed E-state index contributed by atoms with van der Waals surface area (Å²) >= 11 is 1.61. The van der Waals surface area contributed by atoms with E-state index in [1.807, 2.05) is 51.1 Å². The summed E-state index contributed by atoms with van der Waals surface area (Å²) in [6, 6.07) is 9.45. The van der Waals surface area contributed by atoms with Gasteiger partial charge in [-0.05, 0) is 12.1 Å². The van der Waals surface area contributed by atoms with Crippen LogP contribution in [0.2, 0.25) is 0 Å². The molecular weight excluding hydrogens is 246 g/mol. The number of carbonyl (C=O) groups is 1. The number of para-hydroxylation sites is 1. The first-order valence-electron chi connectivity index (χ1n) is 6.04. The molecule has 4 heteroatoms. The number of aliphatic hydroxyl groups excluding tert-OH is 1. The van der Waals surface area contributed by atoms with Gasteiger partial charge in [-0.1, -0.05) is 39.0 Å². The van der Waals surface area contributed by atoms with Crippen LogP contribution in [0.4, 0.5) is 5.69 Å². The van der Waals surface area contributed by atoms with Crippen molar-refractivity contribution in [1.29, 1.82) is 0 Å². The molecule has 0 spiro atoms. The number of hydrogen-bond acceptors (Lipinski definition) is 3. The fraction of sp³-hybridized carbons (Fsp3) is 0.500. The summed E-state index contributed by atoms with van der Waals surface area (Å²) in [5.74, 6) is 0.694. The fourth-order valence-corrected chi connectivity index (χ4v) is 2.23. The Morgan fingerprint density at radius 1 is 1.39 bits per heavy atom. The average molecular weight is 267 g/mol. The Morgan fingerprint density at radius 2 is 2.00 bits per heavy atom. The predicted octanol–water partition coefficient (Wildman–Crippen LogP) is 2.77. The highest BCUT2D eigenvalue weighted by Gasteiger charge is 2.28. The van der Waals surface area contributed by atoms with Crippen molar-refractivity contribution in [2.75, 3.05) is 17.7 Å². The third-order valence-electron chi connectivity index (χ3n) is 2.63. The summed E-state index contributed by atoms with van der Waals surface area (Å²) in [6.45, 7) is 5.93. The van der Waals surface area contributed by atoms with Crippen LogP contribution in [0.3, 0.4) is 0 Å². The molecule has 2 N–H and O–H groups in total. The van der Waals surface area contributed by atoms with Gasteiger partial charge in [0.05, 0.1) is 12.0 Å². The van der Waals surface area contributed by atoms with Crippen molar-refractivity contribution < 1.29 is 9.90 Å². The minimum absolute atomic E-state index is 0.00587. The number of carbonyl (C=O) groups excluding carboxylic acids is 1. The van der Waals surface area contributed by atoms with Gasteiger partial charge in [0.25, 0.3) is 0 Å². The highest BCUT2D eigenvalue weighted by atomic mass is 32.2. The molecule has 0 aliphatic heterocycles. The maximum absolute atomic E-state index is 12.1. The molecule has 1 aromatic rings. The van der Waals surface area contributed by atoms with E-state index >= 15 is 0 Å². The molecule has 0 saturated carbocycles. The summed E-state index contributed by atoms with van der Waals surface area (Å²) in [6.07, 6.45) is 0. The van der Waals surface area contributed by atoms with E-state index in [1.165, 1.54) is 0 Å². The first kappa shape index (κ1) is 15.1. The van der Waals surface area contributed by atoms with Crippen molar-refractivity contribution in [1.82, 2.24) is 0 Å². The van der Waals surface area contributed by atoms with E-state index < -0.39 is 5.41 Å². The van der Waals surface area contributed by atoms with Gasteiger partial charge in [-0.3, -0.25) is 4.79 Å². The smallest absolute Gasteiger partial charge is 0.230 e. The molecule has 0 radical (unpaired) electrons. The SMILES string of the molecule is CC(CO)SCC(C)(C)C(=O)Nc1ccccc1. The Morgan fingerprint density at radius 3 is 2.56 bits per heavy atom. The van der Waals surface area contributed by atoms with Crippen LogP contribution in [0.5, 0.6) is 0 Å². The minimum atomic E-state index is -0.454. The third-order valence-corrected chi connectivity index (χ3v) is 4.24. The van der Waals surface area contributed by atoms with Crippen LogP contribution in [-0.2, 0) is 4.79 Å². The van der Waals surface area contributed by atoms with Gasteiger partial charge in [-0.25, -0.2) is 0 Å². The minimum Gasteiger partial charge on any atom is -0.395 e. The van der Waals surface area contributed by atoms with Crippen molar-refractivity contribution in [2.24, 2.45) is 5.41 Å². The van der Waals surface area contributed by atoms with Gasteiger partial charge in [0.1, 0.15) is 0 Å². The van der Waals surface area contributed by atoms with E-state index in [2.05, 4.69) is 5.32 Å². The van der Waals surface area contributed by atoms with Crippen molar-refractivity contribution in [3.63, 3.8) is 0 Å². The zero-order valence-electron chi connectivity index (χ0n) is 11.1. The molecule has 0 bridgehead atoms. The highest BCUT2D eigenvalue weighted by molar-refractivity contribution is 7.99. The molecule has 1 unspecified atom stereocenters. The number of rotatable bonds is 6. The second kappa shape index (κ2) is 6.81. The largest absolute Gasteiger partial charge is 0.395 e. The lowest BCUT2D eigenvalue weighted by atomic mass is 9.95. The van der Waals surface area contributed by atoms with Gasteiger partial charge >= 0.3 is 0 Å². The number of hydrogen-bond donors (Lipinski definition) is 2. The highest BCUT2D eigenvalue weighted by Crippen LogP contribution is 2.26. The zero-order valence-corrected chi connectivity index (χ0v) is 12.0. The molecule has 100 valence electrons. The molecule has 0 aromatic heterocycles. The van der Waals surface area contributed by atoms with Crippen LogP contribution in [0.15, 0.2) is 30.3 Å². The number of anilines is 1. The quantitative estimate of drug-likeness (QED) is 0.833. The number of amides is 1. The first-order chi connectivity index (χ1) is 8.45. The maximum Gasteiger partial charge on any atom is 0.230 e. The van der Waals surface area contributed by atoms with Gasteiger partial charge in [0.15, 0.2) is 0 Å². The summed E-state index contributed by atoms with van der Waals surface area (Å²) in [4.78, 5) is 12.1. The van der Waals surface area contributed by atoms with Crippen LogP contribution >= 0.6 is 11.8 Å². The standard InChI is InChI=1S/C14H21NO2S/c1-11(9-16)18-10-14(2,3)13(17)15-12-7-5-4-6-8-12/h4-8,11,16H,9-10H2,1-3H3,(H,15,17). The molecular formula is C14H21NO2S. The average Bonchev–Trinajstić information content (AvgIpc) is 2.37. The second-order valence-corrected chi connectivity index (χ2v) is 6.43. The maximum atomic E-state index is 12.1. The summed E-state index contributed by atoms with van der Waals surface area (Å²) < 4.78 is 0. The van der Waals surface area contributed by atoms with Crippen LogP contribution < -0.4 is 5.32 Å². The molecule has 18 heavy (non-hydrogen) atoms. The van der Waals surface area contributed by atoms with Crippen LogP contribution in [0.1, 0.15) is 20.8 Å². The van der Waals surface area contributed by atoms with Crippen LogP contribution in [-0.4, -0.2) is 28.6 Å². The monoisotopic (exact) mass is 267 g/mol. The first-order valence-corrected chi connectivity index (χ1v) is 7.09. The van der Waals surface area contributed by atoms with E-state index in [4.69, 9.17) is 5.11 Å². The predicted molar refractivity (Wildman–Crippen MR) is 77.9 cm³/mol. The topological polar surface area (TPSA) is 49.3 Å². The number of aliphatic hydroxyl groups is 1. The molecule has 0 fully saturated rings. The Kier molecular flexibility index (Phi) is 5.69. The van der Waals surface area contributed by atoms with Crippen molar-refractivity contribution >= 4 is 23.4 Å². The third kappa shape index (κ3) is 4.70. The number of benzene rings is 1. The molecule has 0 saturated heterocycles. The van der Waals surface area contributed by atoms with Crippen molar-refractivity contribution in [2.45, 2.75) is 26.0 Å². The summed E-state index contributed by atoms with van der Waals surface area (Å²) in [7, 11) is 0. The molecule has 1 amide bonds. The molecule has 0 aliphatic carbocycles. The Labute approximate surface area is 113 Å². The van der Waals surface area contributed by atoms with Crippen LogP contribution in [0, 0.1) is 5.41 Å². The molecule has 0 heterocycles. The van der Waals surface area contributed by atoms with Gasteiger partial charge in [0, 0.05) is 16.7 Å². The van der Waals surface area contributed by atoms with Gasteiger partial charge < -0.3 is 10.4 Å². The fourth-order valence-electron chi connectivity index (χ4n) is 1.29. The van der Waals surface area contributed by atoms with Crippen LogP contribution in [0.25, 0.3) is 0 Å². The second-order valence-electron chi connectivity index (χ2n) is 5.01. The molecule has 1 aromatic carbocycles. The summed E-state index contributed by atoms with van der Waals surface area (Å²) in [5.41, 5.74) is 0.361. The Hall–Kier alpha value is -1.00. The lowest BCUT2D eigenvalue weighted by Gasteiger charge is -2.24. The molecule has 0 aliphatic rings. The molecule has 1 atom stereocenters. The lowest BCUT2D eigenvalue weighted by molar-refractivity contribution is -0.122. The van der Waals surface area contributed by atoms with Gasteiger partial charge in [-0.15, -0.1) is 0 Å².